The van der Waals surface area contributed by atoms with Gasteiger partial charge in [0, 0.05) is 7.05 Å². The van der Waals surface area contributed by atoms with Crippen molar-refractivity contribution in [3.8, 4) is 0 Å². The van der Waals surface area contributed by atoms with Crippen molar-refractivity contribution >= 4 is 11.8 Å². The van der Waals surface area contributed by atoms with E-state index in [4.69, 9.17) is 0 Å². The molecule has 0 unspecified atom stereocenters. The Bertz CT molecular complexity index is 496. The maximum absolute atomic E-state index is 11.3. The van der Waals surface area contributed by atoms with Crippen LogP contribution < -0.4 is 4.90 Å². The third kappa shape index (κ3) is 2.92. The molecule has 1 fully saturated rings. The first-order chi connectivity index (χ1) is 9.44. The second-order valence-electron chi connectivity index (χ2n) is 5.81. The van der Waals surface area contributed by atoms with Crippen molar-refractivity contribution < 1.29 is 9.90 Å². The van der Waals surface area contributed by atoms with E-state index in [1.165, 1.54) is 6.42 Å². The van der Waals surface area contributed by atoms with Gasteiger partial charge in [0.2, 0.25) is 0 Å². The van der Waals surface area contributed by atoms with Gasteiger partial charge in [-0.3, -0.25) is 9.78 Å². The van der Waals surface area contributed by atoms with Crippen LogP contribution in [-0.4, -0.2) is 33.6 Å². The van der Waals surface area contributed by atoms with E-state index in [1.54, 1.807) is 6.20 Å². The first kappa shape index (κ1) is 14.8. The molecule has 5 nitrogen and oxygen atoms in total. The Labute approximate surface area is 120 Å². The number of aromatic nitrogens is 2. The summed E-state index contributed by atoms with van der Waals surface area (Å²) in [5.41, 5.74) is 1.49. The van der Waals surface area contributed by atoms with Crippen LogP contribution in [0, 0.1) is 13.8 Å². The van der Waals surface area contributed by atoms with Gasteiger partial charge in [0.1, 0.15) is 5.82 Å². The van der Waals surface area contributed by atoms with Crippen LogP contribution in [-0.2, 0) is 4.79 Å². The minimum atomic E-state index is -0.740. The van der Waals surface area contributed by atoms with Gasteiger partial charge in [-0.05, 0) is 26.7 Å². The van der Waals surface area contributed by atoms with Crippen LogP contribution in [0.2, 0.25) is 0 Å². The number of nitrogens with zero attached hydrogens (tertiary/aromatic N) is 3. The molecule has 0 aromatic carbocycles. The Hall–Kier alpha value is -1.65. The molecule has 0 atom stereocenters. The van der Waals surface area contributed by atoms with E-state index in [0.717, 1.165) is 42.9 Å². The predicted octanol–water partition coefficient (Wildman–Crippen LogP) is 2.71. The van der Waals surface area contributed by atoms with E-state index in [-0.39, 0.29) is 12.0 Å². The Morgan fingerprint density at radius 2 is 1.95 bits per heavy atom. The molecule has 0 aliphatic heterocycles. The summed E-state index contributed by atoms with van der Waals surface area (Å²) >= 11 is 0. The van der Waals surface area contributed by atoms with Crippen molar-refractivity contribution in [2.75, 3.05) is 11.9 Å². The number of hydrogen-bond donors (Lipinski definition) is 1. The Kier molecular flexibility index (Phi) is 4.26. The Morgan fingerprint density at radius 3 is 2.50 bits per heavy atom. The van der Waals surface area contributed by atoms with Crippen molar-refractivity contribution in [2.45, 2.75) is 57.9 Å². The smallest absolute Gasteiger partial charge is 0.305 e. The Balaban J connectivity index is 2.31. The van der Waals surface area contributed by atoms with Gasteiger partial charge < -0.3 is 10.0 Å². The molecule has 110 valence electrons. The average molecular weight is 277 g/mol. The highest BCUT2D eigenvalue weighted by Gasteiger charge is 2.39. The summed E-state index contributed by atoms with van der Waals surface area (Å²) in [5.74, 6) is 0.0341. The molecule has 1 heterocycles. The summed E-state index contributed by atoms with van der Waals surface area (Å²) in [6, 6.07) is 0. The third-order valence-electron chi connectivity index (χ3n) is 4.50. The number of aliphatic carboxylic acids is 1. The average Bonchev–Trinajstić information content (AvgIpc) is 2.41. The van der Waals surface area contributed by atoms with Gasteiger partial charge in [0.05, 0.1) is 29.5 Å². The lowest BCUT2D eigenvalue weighted by Gasteiger charge is -2.44. The summed E-state index contributed by atoms with van der Waals surface area (Å²) in [6.45, 7) is 3.87. The highest BCUT2D eigenvalue weighted by atomic mass is 16.4. The molecule has 1 N–H and O–H groups in total. The zero-order valence-corrected chi connectivity index (χ0v) is 12.5. The molecule has 0 amide bonds. The molecule has 5 heteroatoms. The molecule has 0 saturated heterocycles. The van der Waals surface area contributed by atoms with E-state index in [9.17, 15) is 9.90 Å². The standard InChI is InChI=1S/C15H23N3O2/c1-11-12(2)17-13(10-16-11)18(3)15(9-14(19)20)7-5-4-6-8-15/h10H,4-9H2,1-3H3,(H,19,20). The molecular weight excluding hydrogens is 254 g/mol. The van der Waals surface area contributed by atoms with Crippen LogP contribution in [0.5, 0.6) is 0 Å². The molecule has 1 aliphatic rings. The fourth-order valence-corrected chi connectivity index (χ4v) is 3.06. The van der Waals surface area contributed by atoms with Gasteiger partial charge in [0.15, 0.2) is 0 Å². The zero-order chi connectivity index (χ0) is 14.8. The molecule has 20 heavy (non-hydrogen) atoms. The SMILES string of the molecule is Cc1ncc(N(C)C2(CC(=O)O)CCCCC2)nc1C. The maximum atomic E-state index is 11.3. The van der Waals surface area contributed by atoms with Gasteiger partial charge in [-0.25, -0.2) is 4.98 Å². The second kappa shape index (κ2) is 5.77. The molecule has 2 rings (SSSR count). The van der Waals surface area contributed by atoms with Crippen LogP contribution in [0.3, 0.4) is 0 Å². The summed E-state index contributed by atoms with van der Waals surface area (Å²) in [4.78, 5) is 22.2. The van der Waals surface area contributed by atoms with Crippen molar-refractivity contribution in [2.24, 2.45) is 0 Å². The number of carboxylic acid groups (broad SMARTS) is 1. The first-order valence-corrected chi connectivity index (χ1v) is 7.20. The molecule has 1 aromatic rings. The lowest BCUT2D eigenvalue weighted by atomic mass is 9.78. The molecule has 0 spiro atoms. The van der Waals surface area contributed by atoms with E-state index in [1.807, 2.05) is 25.8 Å². The van der Waals surface area contributed by atoms with E-state index in [2.05, 4.69) is 9.97 Å². The van der Waals surface area contributed by atoms with Gasteiger partial charge in [-0.1, -0.05) is 19.3 Å². The Morgan fingerprint density at radius 1 is 1.30 bits per heavy atom. The maximum Gasteiger partial charge on any atom is 0.305 e. The fraction of sp³-hybridized carbons (Fsp3) is 0.667. The van der Waals surface area contributed by atoms with Gasteiger partial charge in [0.25, 0.3) is 0 Å². The highest BCUT2D eigenvalue weighted by Crippen LogP contribution is 2.37. The van der Waals surface area contributed by atoms with Crippen LogP contribution in [0.15, 0.2) is 6.20 Å². The monoisotopic (exact) mass is 277 g/mol. The highest BCUT2D eigenvalue weighted by molar-refractivity contribution is 5.69. The number of hydrogen-bond acceptors (Lipinski definition) is 4. The number of carboxylic acids is 1. The van der Waals surface area contributed by atoms with Crippen molar-refractivity contribution in [1.29, 1.82) is 0 Å². The van der Waals surface area contributed by atoms with Crippen LogP contribution in [0.1, 0.15) is 49.9 Å². The normalized spacial score (nSPS) is 17.8. The number of carbonyl (C=O) groups is 1. The lowest BCUT2D eigenvalue weighted by molar-refractivity contribution is -0.138. The van der Waals surface area contributed by atoms with Crippen LogP contribution in [0.25, 0.3) is 0 Å². The topological polar surface area (TPSA) is 66.3 Å². The molecule has 1 aromatic heterocycles. The fourth-order valence-electron chi connectivity index (χ4n) is 3.06. The predicted molar refractivity (Wildman–Crippen MR) is 78.0 cm³/mol. The number of rotatable bonds is 4. The second-order valence-corrected chi connectivity index (χ2v) is 5.81. The molecule has 1 aliphatic carbocycles. The molecule has 1 saturated carbocycles. The molecular formula is C15H23N3O2. The zero-order valence-electron chi connectivity index (χ0n) is 12.5. The summed E-state index contributed by atoms with van der Waals surface area (Å²) < 4.78 is 0. The van der Waals surface area contributed by atoms with Crippen LogP contribution >= 0.6 is 0 Å². The minimum absolute atomic E-state index is 0.165. The van der Waals surface area contributed by atoms with E-state index < -0.39 is 5.97 Å². The van der Waals surface area contributed by atoms with Gasteiger partial charge in [-0.15, -0.1) is 0 Å². The first-order valence-electron chi connectivity index (χ1n) is 7.20. The van der Waals surface area contributed by atoms with E-state index >= 15 is 0 Å². The lowest BCUT2D eigenvalue weighted by Crippen LogP contribution is -2.50. The van der Waals surface area contributed by atoms with E-state index in [0.29, 0.717) is 0 Å². The van der Waals surface area contributed by atoms with Gasteiger partial charge >= 0.3 is 5.97 Å². The van der Waals surface area contributed by atoms with Crippen molar-refractivity contribution in [1.82, 2.24) is 9.97 Å². The van der Waals surface area contributed by atoms with Crippen molar-refractivity contribution in [3.63, 3.8) is 0 Å². The molecule has 0 radical (unpaired) electrons. The summed E-state index contributed by atoms with van der Waals surface area (Å²) in [6.07, 6.45) is 7.08. The van der Waals surface area contributed by atoms with Crippen LogP contribution in [0.4, 0.5) is 5.82 Å². The van der Waals surface area contributed by atoms with Gasteiger partial charge in [-0.2, -0.15) is 0 Å². The number of aryl methyl sites for hydroxylation is 2. The summed E-state index contributed by atoms with van der Waals surface area (Å²) in [7, 11) is 1.95. The molecule has 0 bridgehead atoms. The summed E-state index contributed by atoms with van der Waals surface area (Å²) in [5, 5.41) is 9.26. The third-order valence-corrected chi connectivity index (χ3v) is 4.50. The van der Waals surface area contributed by atoms with Crippen molar-refractivity contribution in [3.05, 3.63) is 17.6 Å². The minimum Gasteiger partial charge on any atom is -0.481 e. The number of anilines is 1. The largest absolute Gasteiger partial charge is 0.481 e. The quantitative estimate of drug-likeness (QED) is 0.916.